The average molecular weight is 481 g/mol. The number of rotatable bonds is 5. The van der Waals surface area contributed by atoms with Gasteiger partial charge in [0.2, 0.25) is 0 Å². The van der Waals surface area contributed by atoms with Crippen LogP contribution in [0.1, 0.15) is 30.9 Å². The summed E-state index contributed by atoms with van der Waals surface area (Å²) < 4.78 is 2.36. The van der Waals surface area contributed by atoms with Crippen molar-refractivity contribution in [3.8, 4) is 16.8 Å². The van der Waals surface area contributed by atoms with Crippen molar-refractivity contribution < 1.29 is 0 Å². The Bertz CT molecular complexity index is 1720. The maximum atomic E-state index is 2.36. The van der Waals surface area contributed by atoms with Crippen molar-refractivity contribution in [2.24, 2.45) is 0 Å². The van der Waals surface area contributed by atoms with Gasteiger partial charge in [0.1, 0.15) is 0 Å². The second-order valence-electron chi connectivity index (χ2n) is 10.1. The molecule has 182 valence electrons. The zero-order chi connectivity index (χ0) is 25.5. The van der Waals surface area contributed by atoms with Crippen LogP contribution in [0.25, 0.3) is 38.6 Å². The van der Waals surface area contributed by atoms with Crippen LogP contribution in [0, 0.1) is 6.92 Å². The quantitative estimate of drug-likeness (QED) is 0.238. The van der Waals surface area contributed by atoms with Gasteiger partial charge in [-0.05, 0) is 77.6 Å². The molecule has 6 rings (SSSR count). The second-order valence-corrected chi connectivity index (χ2v) is 10.1. The summed E-state index contributed by atoms with van der Waals surface area (Å²) in [5.41, 5.74) is 11.4. The van der Waals surface area contributed by atoms with E-state index in [1.807, 2.05) is 0 Å². The minimum absolute atomic E-state index is 0.473. The van der Waals surface area contributed by atoms with Gasteiger partial charge < -0.3 is 9.47 Å². The molecule has 0 aliphatic carbocycles. The van der Waals surface area contributed by atoms with Crippen molar-refractivity contribution in [2.45, 2.75) is 26.7 Å². The Morgan fingerprint density at radius 2 is 1.30 bits per heavy atom. The second kappa shape index (κ2) is 9.29. The molecule has 0 amide bonds. The highest BCUT2D eigenvalue weighted by atomic mass is 15.1. The third-order valence-corrected chi connectivity index (χ3v) is 7.60. The van der Waals surface area contributed by atoms with Gasteiger partial charge in [-0.2, -0.15) is 0 Å². The van der Waals surface area contributed by atoms with Gasteiger partial charge in [0.15, 0.2) is 0 Å². The molecule has 0 N–H and O–H groups in total. The van der Waals surface area contributed by atoms with Gasteiger partial charge in [0, 0.05) is 34.9 Å². The van der Waals surface area contributed by atoms with Crippen molar-refractivity contribution in [3.05, 3.63) is 126 Å². The Hall–Kier alpha value is -4.30. The molecular weight excluding hydrogens is 448 g/mol. The molecule has 6 aromatic rings. The maximum absolute atomic E-state index is 2.36. The maximum Gasteiger partial charge on any atom is 0.0542 e. The Morgan fingerprint density at radius 3 is 2.11 bits per heavy atom. The minimum atomic E-state index is 0.473. The first-order chi connectivity index (χ1) is 18.0. The van der Waals surface area contributed by atoms with E-state index in [9.17, 15) is 0 Å². The van der Waals surface area contributed by atoms with Crippen LogP contribution in [-0.2, 0) is 0 Å². The number of hydrogen-bond donors (Lipinski definition) is 0. The van der Waals surface area contributed by atoms with Crippen LogP contribution < -0.4 is 4.90 Å². The predicted molar refractivity (Wildman–Crippen MR) is 160 cm³/mol. The Balaban J connectivity index is 1.49. The molecule has 0 aliphatic heterocycles. The van der Waals surface area contributed by atoms with Gasteiger partial charge in [0.25, 0.3) is 0 Å². The molecule has 0 bridgehead atoms. The summed E-state index contributed by atoms with van der Waals surface area (Å²) in [4.78, 5) is 2.32. The number of aromatic nitrogens is 1. The monoisotopic (exact) mass is 480 g/mol. The standard InChI is InChI=1S/C35H32N2/c1-24(2)28-15-8-9-16-30(28)29-18-12-20-33(25(29)3)36(4)27-21-22-35-32(23-27)31-17-10-11-19-34(31)37(35)26-13-6-5-7-14-26/h5-24H,1-4H3. The molecule has 0 saturated carbocycles. The molecule has 0 atom stereocenters. The van der Waals surface area contributed by atoms with E-state index >= 15 is 0 Å². The molecule has 2 heteroatoms. The first-order valence-electron chi connectivity index (χ1n) is 13.1. The van der Waals surface area contributed by atoms with Gasteiger partial charge in [-0.3, -0.25) is 0 Å². The first kappa shape index (κ1) is 23.1. The fraction of sp³-hybridized carbons (Fsp3) is 0.143. The van der Waals surface area contributed by atoms with Crippen LogP contribution in [0.2, 0.25) is 0 Å². The molecule has 1 aromatic heterocycles. The topological polar surface area (TPSA) is 8.17 Å². The summed E-state index contributed by atoms with van der Waals surface area (Å²) in [6.07, 6.45) is 0. The number of fused-ring (bicyclic) bond motifs is 3. The van der Waals surface area contributed by atoms with Gasteiger partial charge in [0.05, 0.1) is 11.0 Å². The van der Waals surface area contributed by atoms with Crippen molar-refractivity contribution in [1.82, 2.24) is 4.57 Å². The summed E-state index contributed by atoms with van der Waals surface area (Å²) in [6, 6.07) is 41.6. The van der Waals surface area contributed by atoms with E-state index in [-0.39, 0.29) is 0 Å². The molecule has 0 aliphatic rings. The SMILES string of the molecule is Cc1c(-c2ccccc2C(C)C)cccc1N(C)c1ccc2c(c1)c1ccccc1n2-c1ccccc1. The lowest BCUT2D eigenvalue weighted by atomic mass is 9.90. The van der Waals surface area contributed by atoms with Crippen molar-refractivity contribution in [1.29, 1.82) is 0 Å². The normalized spacial score (nSPS) is 11.5. The summed E-state index contributed by atoms with van der Waals surface area (Å²) in [5, 5.41) is 2.54. The number of nitrogens with zero attached hydrogens (tertiary/aromatic N) is 2. The lowest BCUT2D eigenvalue weighted by molar-refractivity contribution is 0.869. The third-order valence-electron chi connectivity index (χ3n) is 7.60. The fourth-order valence-corrected chi connectivity index (χ4v) is 5.69. The fourth-order valence-electron chi connectivity index (χ4n) is 5.69. The van der Waals surface area contributed by atoms with Crippen molar-refractivity contribution >= 4 is 33.2 Å². The average Bonchev–Trinajstić information content (AvgIpc) is 3.27. The van der Waals surface area contributed by atoms with Gasteiger partial charge in [-0.1, -0.05) is 86.6 Å². The smallest absolute Gasteiger partial charge is 0.0542 e. The predicted octanol–water partition coefficient (Wildman–Crippen LogP) is 9.65. The van der Waals surface area contributed by atoms with E-state index in [0.29, 0.717) is 5.92 Å². The largest absolute Gasteiger partial charge is 0.344 e. The lowest BCUT2D eigenvalue weighted by Crippen LogP contribution is -2.11. The number of hydrogen-bond acceptors (Lipinski definition) is 1. The zero-order valence-electron chi connectivity index (χ0n) is 21.9. The van der Waals surface area contributed by atoms with Crippen molar-refractivity contribution in [3.63, 3.8) is 0 Å². The zero-order valence-corrected chi connectivity index (χ0v) is 21.9. The summed E-state index contributed by atoms with van der Waals surface area (Å²) in [6.45, 7) is 6.79. The van der Waals surface area contributed by atoms with Gasteiger partial charge in [-0.15, -0.1) is 0 Å². The number of para-hydroxylation sites is 2. The first-order valence-corrected chi connectivity index (χ1v) is 13.1. The van der Waals surface area contributed by atoms with E-state index < -0.39 is 0 Å². The molecule has 1 heterocycles. The minimum Gasteiger partial charge on any atom is -0.344 e. The molecule has 0 radical (unpaired) electrons. The van der Waals surface area contributed by atoms with E-state index in [4.69, 9.17) is 0 Å². The summed E-state index contributed by atoms with van der Waals surface area (Å²) >= 11 is 0. The molecule has 37 heavy (non-hydrogen) atoms. The highest BCUT2D eigenvalue weighted by Crippen LogP contribution is 2.39. The van der Waals surface area contributed by atoms with E-state index in [1.54, 1.807) is 0 Å². The molecule has 5 aromatic carbocycles. The van der Waals surface area contributed by atoms with Crippen LogP contribution in [0.15, 0.2) is 115 Å². The van der Waals surface area contributed by atoms with Crippen LogP contribution in [0.4, 0.5) is 11.4 Å². The summed E-state index contributed by atoms with van der Waals surface area (Å²) in [5.74, 6) is 0.473. The van der Waals surface area contributed by atoms with E-state index in [2.05, 4.69) is 153 Å². The highest BCUT2D eigenvalue weighted by molar-refractivity contribution is 6.10. The molecule has 0 spiro atoms. The van der Waals surface area contributed by atoms with Crippen LogP contribution in [-0.4, -0.2) is 11.6 Å². The molecule has 2 nitrogen and oxygen atoms in total. The van der Waals surface area contributed by atoms with Crippen LogP contribution in [0.5, 0.6) is 0 Å². The van der Waals surface area contributed by atoms with Crippen LogP contribution >= 0.6 is 0 Å². The molecule has 0 fully saturated rings. The van der Waals surface area contributed by atoms with Gasteiger partial charge in [-0.25, -0.2) is 0 Å². The number of anilines is 2. The van der Waals surface area contributed by atoms with Gasteiger partial charge >= 0.3 is 0 Å². The highest BCUT2D eigenvalue weighted by Gasteiger charge is 2.17. The summed E-state index contributed by atoms with van der Waals surface area (Å²) in [7, 11) is 2.18. The van der Waals surface area contributed by atoms with Crippen LogP contribution in [0.3, 0.4) is 0 Å². The Morgan fingerprint density at radius 1 is 0.622 bits per heavy atom. The Kier molecular flexibility index (Phi) is 5.81. The molecule has 0 saturated heterocycles. The lowest BCUT2D eigenvalue weighted by Gasteiger charge is -2.24. The molecular formula is C35H32N2. The Labute approximate surface area is 219 Å². The third kappa shape index (κ3) is 3.90. The van der Waals surface area contributed by atoms with E-state index in [0.717, 1.165) is 0 Å². The van der Waals surface area contributed by atoms with Crippen molar-refractivity contribution in [2.75, 3.05) is 11.9 Å². The van der Waals surface area contributed by atoms with E-state index in [1.165, 1.54) is 61.1 Å². The number of benzene rings is 5. The molecule has 0 unspecified atom stereocenters.